The molecule has 1 amide bonds. The van der Waals surface area contributed by atoms with Gasteiger partial charge in [0.2, 0.25) is 5.43 Å². The van der Waals surface area contributed by atoms with Gasteiger partial charge in [0.25, 0.3) is 5.91 Å². The highest BCUT2D eigenvalue weighted by Crippen LogP contribution is 2.46. The molecule has 230 valence electrons. The lowest BCUT2D eigenvalue weighted by molar-refractivity contribution is 0.0374. The van der Waals surface area contributed by atoms with E-state index in [-0.39, 0.29) is 22.4 Å². The minimum Gasteiger partial charge on any atom is -0.451 e. The number of ether oxygens (including phenoxy) is 3. The molecule has 0 radical (unpaired) electrons. The molecule has 3 aliphatic rings. The van der Waals surface area contributed by atoms with Gasteiger partial charge in [-0.05, 0) is 41.9 Å². The number of halogens is 1. The molecule has 4 heterocycles. The third-order valence-corrected chi connectivity index (χ3v) is 8.61. The van der Waals surface area contributed by atoms with E-state index in [1.165, 1.54) is 6.07 Å². The van der Waals surface area contributed by atoms with Gasteiger partial charge in [0.1, 0.15) is 16.8 Å². The predicted octanol–water partition coefficient (Wildman–Crippen LogP) is 3.58. The molecule has 2 N–H and O–H groups in total. The Bertz CT molecular complexity index is 1760. The van der Waals surface area contributed by atoms with Gasteiger partial charge in [-0.25, -0.2) is 4.39 Å². The fourth-order valence-electron chi connectivity index (χ4n) is 6.22. The van der Waals surface area contributed by atoms with Crippen molar-refractivity contribution in [1.29, 1.82) is 0 Å². The van der Waals surface area contributed by atoms with Crippen LogP contribution in [0.5, 0.6) is 11.5 Å². The number of amides is 1. The molecule has 44 heavy (non-hydrogen) atoms. The van der Waals surface area contributed by atoms with Crippen LogP contribution in [0.15, 0.2) is 53.5 Å². The molecule has 2 saturated heterocycles. The van der Waals surface area contributed by atoms with Gasteiger partial charge < -0.3 is 29.4 Å². The lowest BCUT2D eigenvalue weighted by Gasteiger charge is -2.28. The number of rotatable bonds is 9. The summed E-state index contributed by atoms with van der Waals surface area (Å²) in [6, 6.07) is 13.0. The number of carbonyl (C=O) groups is 1. The SMILES string of the molecule is O=C(NCCCN1CCOCC1)c1cn2c3c(c(NCCN4CCOCC4)c(F)cc3c1=O)Oc1cc3ccccc3cc1-2. The molecule has 0 atom stereocenters. The van der Waals surface area contributed by atoms with E-state index in [2.05, 4.69) is 20.4 Å². The fraction of sp³-hybridized carbons (Fsp3) is 0.394. The summed E-state index contributed by atoms with van der Waals surface area (Å²) < 4.78 is 34.8. The van der Waals surface area contributed by atoms with E-state index in [1.807, 2.05) is 36.4 Å². The van der Waals surface area contributed by atoms with E-state index < -0.39 is 17.2 Å². The van der Waals surface area contributed by atoms with Gasteiger partial charge in [0.05, 0.1) is 37.5 Å². The Balaban J connectivity index is 1.24. The second kappa shape index (κ2) is 12.5. The molecular formula is C33H36FN5O5. The Hall–Kier alpha value is -4.03. The van der Waals surface area contributed by atoms with Crippen LogP contribution in [0.2, 0.25) is 0 Å². The van der Waals surface area contributed by atoms with Gasteiger partial charge >= 0.3 is 0 Å². The monoisotopic (exact) mass is 601 g/mol. The molecule has 0 saturated carbocycles. The first kappa shape index (κ1) is 28.7. The average molecular weight is 602 g/mol. The fourth-order valence-corrected chi connectivity index (χ4v) is 6.22. The number of hydrogen-bond donors (Lipinski definition) is 2. The Labute approximate surface area is 254 Å². The van der Waals surface area contributed by atoms with E-state index in [1.54, 1.807) is 10.8 Å². The zero-order chi connectivity index (χ0) is 30.0. The first-order valence-corrected chi connectivity index (χ1v) is 15.3. The number of nitrogens with one attached hydrogen (secondary N) is 2. The van der Waals surface area contributed by atoms with Crippen LogP contribution in [0, 0.1) is 5.82 Å². The minimum atomic E-state index is -0.606. The summed E-state index contributed by atoms with van der Waals surface area (Å²) in [5.41, 5.74) is 0.724. The highest BCUT2D eigenvalue weighted by atomic mass is 19.1. The van der Waals surface area contributed by atoms with Gasteiger partial charge in [-0.1, -0.05) is 24.3 Å². The topological polar surface area (TPSA) is 97.3 Å². The lowest BCUT2D eigenvalue weighted by Crippen LogP contribution is -2.39. The number of pyridine rings is 1. The van der Waals surface area contributed by atoms with Crippen LogP contribution in [0.25, 0.3) is 27.4 Å². The number of morpholine rings is 2. The predicted molar refractivity (Wildman–Crippen MR) is 167 cm³/mol. The standard InChI is InChI=1S/C33H36FN5O5/c34-26-20-24-30-32(29(26)35-7-9-38-12-16-43-17-13-38)44-28-19-23-5-2-1-4-22(23)18-27(28)39(30)21-25(31(24)40)33(41)36-6-3-8-37-10-14-42-15-11-37/h1-2,4-5,18-21,35H,3,6-17H2,(H,36,41). The molecule has 0 unspecified atom stereocenters. The molecule has 10 nitrogen and oxygen atoms in total. The van der Waals surface area contributed by atoms with Crippen molar-refractivity contribution in [2.75, 3.05) is 84.1 Å². The summed E-state index contributed by atoms with van der Waals surface area (Å²) >= 11 is 0. The zero-order valence-electron chi connectivity index (χ0n) is 24.6. The Morgan fingerprint density at radius 1 is 0.886 bits per heavy atom. The number of aromatic nitrogens is 1. The summed E-state index contributed by atoms with van der Waals surface area (Å²) in [4.78, 5) is 31.7. The van der Waals surface area contributed by atoms with Gasteiger partial charge in [-0.2, -0.15) is 0 Å². The molecule has 0 spiro atoms. The summed E-state index contributed by atoms with van der Waals surface area (Å²) in [6.45, 7) is 8.63. The lowest BCUT2D eigenvalue weighted by atomic mass is 10.0. The van der Waals surface area contributed by atoms with Crippen LogP contribution in [0.3, 0.4) is 0 Å². The van der Waals surface area contributed by atoms with Gasteiger partial charge in [0.15, 0.2) is 17.3 Å². The first-order chi connectivity index (χ1) is 21.6. The molecule has 2 fully saturated rings. The number of benzene rings is 3. The first-order valence-electron chi connectivity index (χ1n) is 15.3. The minimum absolute atomic E-state index is 0.0387. The van der Waals surface area contributed by atoms with Gasteiger partial charge in [-0.3, -0.25) is 19.4 Å². The molecule has 1 aromatic heterocycles. The van der Waals surface area contributed by atoms with E-state index in [0.29, 0.717) is 63.0 Å². The summed E-state index contributed by atoms with van der Waals surface area (Å²) in [6.07, 6.45) is 2.31. The van der Waals surface area contributed by atoms with Gasteiger partial charge in [-0.15, -0.1) is 0 Å². The molecule has 0 bridgehead atoms. The van der Waals surface area contributed by atoms with Crippen LogP contribution < -0.4 is 20.8 Å². The van der Waals surface area contributed by atoms with Crippen molar-refractivity contribution in [1.82, 2.24) is 19.7 Å². The van der Waals surface area contributed by atoms with Crippen molar-refractivity contribution in [3.05, 3.63) is 70.3 Å². The molecule has 0 aliphatic carbocycles. The molecular weight excluding hydrogens is 565 g/mol. The summed E-state index contributed by atoms with van der Waals surface area (Å²) in [5.74, 6) is -0.337. The molecule has 3 aliphatic heterocycles. The van der Waals surface area contributed by atoms with Crippen molar-refractivity contribution >= 4 is 33.3 Å². The number of nitrogens with zero attached hydrogens (tertiary/aromatic N) is 3. The number of hydrogen-bond acceptors (Lipinski definition) is 8. The molecule has 11 heteroatoms. The van der Waals surface area contributed by atoms with E-state index in [0.717, 1.165) is 49.9 Å². The van der Waals surface area contributed by atoms with Crippen LogP contribution in [0.1, 0.15) is 16.8 Å². The highest BCUT2D eigenvalue weighted by molar-refractivity contribution is 6.02. The normalized spacial score (nSPS) is 16.9. The van der Waals surface area contributed by atoms with Crippen molar-refractivity contribution < 1.29 is 23.4 Å². The summed E-state index contributed by atoms with van der Waals surface area (Å²) in [5, 5.41) is 8.17. The average Bonchev–Trinajstić information content (AvgIpc) is 3.05. The zero-order valence-corrected chi connectivity index (χ0v) is 24.6. The quantitative estimate of drug-likeness (QED) is 0.248. The molecule has 3 aromatic carbocycles. The van der Waals surface area contributed by atoms with Crippen molar-refractivity contribution in [2.45, 2.75) is 6.42 Å². The summed E-state index contributed by atoms with van der Waals surface area (Å²) in [7, 11) is 0. The van der Waals surface area contributed by atoms with E-state index >= 15 is 4.39 Å². The van der Waals surface area contributed by atoms with E-state index in [4.69, 9.17) is 14.2 Å². The second-order valence-electron chi connectivity index (χ2n) is 11.4. The number of anilines is 1. The Morgan fingerprint density at radius 2 is 1.57 bits per heavy atom. The van der Waals surface area contributed by atoms with Crippen molar-refractivity contribution in [2.24, 2.45) is 0 Å². The van der Waals surface area contributed by atoms with Crippen LogP contribution in [-0.2, 0) is 9.47 Å². The molecule has 4 aromatic rings. The smallest absolute Gasteiger partial charge is 0.256 e. The van der Waals surface area contributed by atoms with E-state index in [9.17, 15) is 9.59 Å². The highest BCUT2D eigenvalue weighted by Gasteiger charge is 2.29. The Morgan fingerprint density at radius 3 is 2.30 bits per heavy atom. The maximum atomic E-state index is 15.8. The van der Waals surface area contributed by atoms with Crippen molar-refractivity contribution in [3.8, 4) is 17.2 Å². The molecule has 7 rings (SSSR count). The van der Waals surface area contributed by atoms with Crippen LogP contribution in [-0.4, -0.2) is 99.1 Å². The van der Waals surface area contributed by atoms with Crippen LogP contribution in [0.4, 0.5) is 10.1 Å². The van der Waals surface area contributed by atoms with Crippen molar-refractivity contribution in [3.63, 3.8) is 0 Å². The second-order valence-corrected chi connectivity index (χ2v) is 11.4. The third kappa shape index (κ3) is 5.63. The van der Waals surface area contributed by atoms with Crippen LogP contribution >= 0.6 is 0 Å². The number of fused-ring (bicyclic) bond motifs is 3. The van der Waals surface area contributed by atoms with Gasteiger partial charge in [0, 0.05) is 52.0 Å². The third-order valence-electron chi connectivity index (χ3n) is 8.61. The number of carbonyl (C=O) groups excluding carboxylic acids is 1. The maximum Gasteiger partial charge on any atom is 0.256 e. The largest absolute Gasteiger partial charge is 0.451 e. The maximum absolute atomic E-state index is 15.8. The Kier molecular flexibility index (Phi) is 8.18.